The van der Waals surface area contributed by atoms with Crippen LogP contribution < -0.4 is 10.2 Å². The molecular weight excluding hydrogens is 278 g/mol. The molecule has 1 atom stereocenters. The van der Waals surface area contributed by atoms with E-state index in [9.17, 15) is 0 Å². The summed E-state index contributed by atoms with van der Waals surface area (Å²) in [6, 6.07) is 0.376. The van der Waals surface area contributed by atoms with Crippen molar-refractivity contribution in [2.45, 2.75) is 64.8 Å². The van der Waals surface area contributed by atoms with E-state index in [2.05, 4.69) is 29.4 Å². The van der Waals surface area contributed by atoms with E-state index in [1.807, 2.05) is 11.3 Å². The van der Waals surface area contributed by atoms with Crippen molar-refractivity contribution in [3.8, 4) is 0 Å². The number of nitrogens with zero attached hydrogens (tertiary/aromatic N) is 2. The Morgan fingerprint density at radius 3 is 2.67 bits per heavy atom. The number of hydrogen-bond donors (Lipinski definition) is 1. The molecule has 118 valence electrons. The fraction of sp³-hybridized carbons (Fsp3) is 0.824. The predicted molar refractivity (Wildman–Crippen MR) is 91.2 cm³/mol. The van der Waals surface area contributed by atoms with Gasteiger partial charge < -0.3 is 10.2 Å². The third-order valence-electron chi connectivity index (χ3n) is 5.41. The molecule has 3 rings (SSSR count). The quantitative estimate of drug-likeness (QED) is 0.876. The van der Waals surface area contributed by atoms with E-state index in [1.165, 1.54) is 68.9 Å². The highest BCUT2D eigenvalue weighted by Crippen LogP contribution is 2.46. The van der Waals surface area contributed by atoms with Crippen LogP contribution >= 0.6 is 11.3 Å². The van der Waals surface area contributed by atoms with Gasteiger partial charge in [0, 0.05) is 24.5 Å². The Hall–Kier alpha value is -0.610. The molecule has 2 aliphatic rings. The van der Waals surface area contributed by atoms with Crippen LogP contribution in [0, 0.1) is 5.41 Å². The molecule has 0 amide bonds. The Bertz CT molecular complexity index is 441. The zero-order chi connectivity index (χ0) is 14.7. The van der Waals surface area contributed by atoms with Crippen LogP contribution in [0.1, 0.15) is 70.5 Å². The summed E-state index contributed by atoms with van der Waals surface area (Å²) in [5.74, 6) is 0. The largest absolute Gasteiger partial charge is 0.348 e. The van der Waals surface area contributed by atoms with Crippen molar-refractivity contribution in [1.29, 1.82) is 0 Å². The smallest absolute Gasteiger partial charge is 0.185 e. The molecule has 0 aromatic carbocycles. The second kappa shape index (κ2) is 6.66. The number of anilines is 1. The Morgan fingerprint density at radius 2 is 2.00 bits per heavy atom. The van der Waals surface area contributed by atoms with Gasteiger partial charge in [-0.05, 0) is 51.0 Å². The van der Waals surface area contributed by atoms with Crippen LogP contribution in [0.5, 0.6) is 0 Å². The number of rotatable bonds is 5. The van der Waals surface area contributed by atoms with Crippen molar-refractivity contribution >= 4 is 16.5 Å². The average molecular weight is 308 g/mol. The topological polar surface area (TPSA) is 28.2 Å². The summed E-state index contributed by atoms with van der Waals surface area (Å²) < 4.78 is 0. The van der Waals surface area contributed by atoms with Crippen LogP contribution in [0.15, 0.2) is 5.38 Å². The minimum Gasteiger partial charge on any atom is -0.348 e. The monoisotopic (exact) mass is 307 g/mol. The van der Waals surface area contributed by atoms with E-state index >= 15 is 0 Å². The highest BCUT2D eigenvalue weighted by molar-refractivity contribution is 7.13. The molecule has 1 saturated heterocycles. The second-order valence-corrected chi connectivity index (χ2v) is 7.76. The normalized spacial score (nSPS) is 22.9. The van der Waals surface area contributed by atoms with E-state index in [-0.39, 0.29) is 0 Å². The van der Waals surface area contributed by atoms with Crippen molar-refractivity contribution in [3.05, 3.63) is 11.1 Å². The molecule has 1 saturated carbocycles. The molecule has 1 aromatic rings. The van der Waals surface area contributed by atoms with Gasteiger partial charge in [-0.3, -0.25) is 0 Å². The Morgan fingerprint density at radius 1 is 1.29 bits per heavy atom. The fourth-order valence-electron chi connectivity index (χ4n) is 3.88. The van der Waals surface area contributed by atoms with Gasteiger partial charge >= 0.3 is 0 Å². The van der Waals surface area contributed by atoms with E-state index in [4.69, 9.17) is 4.98 Å². The van der Waals surface area contributed by atoms with Crippen molar-refractivity contribution in [1.82, 2.24) is 10.3 Å². The lowest BCUT2D eigenvalue weighted by Crippen LogP contribution is -2.38. The van der Waals surface area contributed by atoms with Gasteiger partial charge in [-0.15, -0.1) is 11.3 Å². The summed E-state index contributed by atoms with van der Waals surface area (Å²) in [5.41, 5.74) is 1.91. The maximum absolute atomic E-state index is 4.88. The molecule has 1 N–H and O–H groups in total. The molecule has 1 spiro atoms. The summed E-state index contributed by atoms with van der Waals surface area (Å²) in [6.45, 7) is 7.92. The maximum Gasteiger partial charge on any atom is 0.185 e. The second-order valence-electron chi connectivity index (χ2n) is 6.92. The first-order valence-electron chi connectivity index (χ1n) is 8.66. The van der Waals surface area contributed by atoms with Crippen LogP contribution in [0.3, 0.4) is 0 Å². The summed E-state index contributed by atoms with van der Waals surface area (Å²) in [7, 11) is 0. The molecule has 1 aliphatic carbocycles. The van der Waals surface area contributed by atoms with Crippen LogP contribution in [0.25, 0.3) is 0 Å². The van der Waals surface area contributed by atoms with Crippen LogP contribution in [-0.4, -0.2) is 24.6 Å². The Kier molecular flexibility index (Phi) is 4.85. The van der Waals surface area contributed by atoms with Gasteiger partial charge in [0.2, 0.25) is 0 Å². The van der Waals surface area contributed by atoms with Gasteiger partial charge in [0.25, 0.3) is 0 Å². The number of piperidine rings is 1. The van der Waals surface area contributed by atoms with Crippen LogP contribution in [0.2, 0.25) is 0 Å². The van der Waals surface area contributed by atoms with E-state index in [1.54, 1.807) is 0 Å². The zero-order valence-electron chi connectivity index (χ0n) is 13.5. The predicted octanol–water partition coefficient (Wildman–Crippen LogP) is 4.36. The molecule has 3 nitrogen and oxygen atoms in total. The molecule has 1 aliphatic heterocycles. The van der Waals surface area contributed by atoms with Gasteiger partial charge in [-0.25, -0.2) is 4.98 Å². The standard InChI is InChI=1S/C17H29N3S/c1-3-10-18-14(2)15-13-21-16(19-15)20-11-8-17(9-12-20)6-4-5-7-17/h13-14,18H,3-12H2,1-2H3. The average Bonchev–Trinajstić information content (AvgIpc) is 3.16. The fourth-order valence-corrected chi connectivity index (χ4v) is 4.86. The molecule has 2 heterocycles. The van der Waals surface area contributed by atoms with E-state index in [0.717, 1.165) is 6.54 Å². The molecule has 21 heavy (non-hydrogen) atoms. The van der Waals surface area contributed by atoms with Gasteiger partial charge in [0.05, 0.1) is 5.69 Å². The van der Waals surface area contributed by atoms with Crippen LogP contribution in [0.4, 0.5) is 5.13 Å². The third-order valence-corrected chi connectivity index (χ3v) is 6.33. The van der Waals surface area contributed by atoms with Gasteiger partial charge in [-0.2, -0.15) is 0 Å². The van der Waals surface area contributed by atoms with E-state index < -0.39 is 0 Å². The zero-order valence-corrected chi connectivity index (χ0v) is 14.3. The lowest BCUT2D eigenvalue weighted by Gasteiger charge is -2.39. The lowest BCUT2D eigenvalue weighted by atomic mass is 9.77. The van der Waals surface area contributed by atoms with Crippen molar-refractivity contribution < 1.29 is 0 Å². The van der Waals surface area contributed by atoms with Crippen molar-refractivity contribution in [3.63, 3.8) is 0 Å². The molecule has 1 aromatic heterocycles. The molecule has 4 heteroatoms. The molecule has 1 unspecified atom stereocenters. The lowest BCUT2D eigenvalue weighted by molar-refractivity contribution is 0.226. The van der Waals surface area contributed by atoms with Crippen molar-refractivity contribution in [2.24, 2.45) is 5.41 Å². The molecular formula is C17H29N3S. The maximum atomic E-state index is 4.88. The SMILES string of the molecule is CCCNC(C)c1csc(N2CCC3(CCCC3)CC2)n1. The summed E-state index contributed by atoms with van der Waals surface area (Å²) in [4.78, 5) is 7.40. The summed E-state index contributed by atoms with van der Waals surface area (Å²) in [6.07, 6.45) is 9.81. The van der Waals surface area contributed by atoms with Gasteiger partial charge in [0.1, 0.15) is 0 Å². The first-order chi connectivity index (χ1) is 10.2. The van der Waals surface area contributed by atoms with E-state index in [0.29, 0.717) is 11.5 Å². The number of aromatic nitrogens is 1. The molecule has 2 fully saturated rings. The molecule has 0 bridgehead atoms. The number of thiazole rings is 1. The van der Waals surface area contributed by atoms with Gasteiger partial charge in [0.15, 0.2) is 5.13 Å². The third kappa shape index (κ3) is 3.42. The summed E-state index contributed by atoms with van der Waals surface area (Å²) in [5, 5.41) is 7.01. The first kappa shape index (κ1) is 15.3. The summed E-state index contributed by atoms with van der Waals surface area (Å²) >= 11 is 1.82. The minimum absolute atomic E-state index is 0.376. The highest BCUT2D eigenvalue weighted by atomic mass is 32.1. The minimum atomic E-state index is 0.376. The van der Waals surface area contributed by atoms with Crippen LogP contribution in [-0.2, 0) is 0 Å². The highest BCUT2D eigenvalue weighted by Gasteiger charge is 2.37. The number of hydrogen-bond acceptors (Lipinski definition) is 4. The van der Waals surface area contributed by atoms with Crippen molar-refractivity contribution in [2.75, 3.05) is 24.5 Å². The Balaban J connectivity index is 1.57. The van der Waals surface area contributed by atoms with Gasteiger partial charge in [-0.1, -0.05) is 19.8 Å². The number of nitrogens with one attached hydrogen (secondary N) is 1. The first-order valence-corrected chi connectivity index (χ1v) is 9.54. The Labute approximate surface area is 133 Å². The molecule has 0 radical (unpaired) electrons.